The molecular formula is C14H18N2O3S. The number of hydrogen-bond acceptors (Lipinski definition) is 3. The molecule has 2 atom stereocenters. The second-order valence-electron chi connectivity index (χ2n) is 5.75. The Morgan fingerprint density at radius 1 is 1.30 bits per heavy atom. The van der Waals surface area contributed by atoms with E-state index in [1.807, 2.05) is 0 Å². The standard InChI is InChI=1S/C14H18N2O3S/c1-8-11(6-3-7-12(8)20(15,18)19)16-14(17)13-9-4-2-5-10(9)13/h3,6-7,9-10,13H,2,4-5H2,1H3,(H,16,17)(H2,15,18,19). The summed E-state index contributed by atoms with van der Waals surface area (Å²) in [6.45, 7) is 1.66. The minimum absolute atomic E-state index is 0.00868. The topological polar surface area (TPSA) is 89.3 Å². The van der Waals surface area contributed by atoms with Gasteiger partial charge in [0.25, 0.3) is 0 Å². The quantitative estimate of drug-likeness (QED) is 0.887. The average Bonchev–Trinajstić information content (AvgIpc) is 2.84. The number of nitrogens with one attached hydrogen (secondary N) is 1. The molecule has 1 amide bonds. The molecule has 108 valence electrons. The van der Waals surface area contributed by atoms with E-state index in [4.69, 9.17) is 5.14 Å². The van der Waals surface area contributed by atoms with Crippen LogP contribution in [-0.2, 0) is 14.8 Å². The zero-order valence-electron chi connectivity index (χ0n) is 11.3. The van der Waals surface area contributed by atoms with Gasteiger partial charge >= 0.3 is 0 Å². The summed E-state index contributed by atoms with van der Waals surface area (Å²) < 4.78 is 22.9. The molecule has 3 rings (SSSR count). The van der Waals surface area contributed by atoms with E-state index in [0.29, 0.717) is 23.1 Å². The normalized spacial score (nSPS) is 28.0. The molecule has 5 nitrogen and oxygen atoms in total. The lowest BCUT2D eigenvalue weighted by Gasteiger charge is -2.12. The van der Waals surface area contributed by atoms with E-state index < -0.39 is 10.0 Å². The molecule has 1 aromatic rings. The summed E-state index contributed by atoms with van der Waals surface area (Å²) in [6, 6.07) is 4.75. The molecule has 3 N–H and O–H groups in total. The maximum atomic E-state index is 12.2. The van der Waals surface area contributed by atoms with Gasteiger partial charge in [0.2, 0.25) is 15.9 Å². The van der Waals surface area contributed by atoms with E-state index in [1.165, 1.54) is 12.5 Å². The number of carbonyl (C=O) groups excluding carboxylic acids is 1. The Kier molecular flexibility index (Phi) is 3.10. The highest BCUT2D eigenvalue weighted by Crippen LogP contribution is 2.57. The van der Waals surface area contributed by atoms with Crippen molar-refractivity contribution < 1.29 is 13.2 Å². The number of amides is 1. The summed E-state index contributed by atoms with van der Waals surface area (Å²) in [7, 11) is -3.76. The zero-order valence-corrected chi connectivity index (χ0v) is 12.1. The zero-order chi connectivity index (χ0) is 14.5. The molecular weight excluding hydrogens is 276 g/mol. The first-order valence-electron chi connectivity index (χ1n) is 6.83. The maximum absolute atomic E-state index is 12.2. The van der Waals surface area contributed by atoms with E-state index in [2.05, 4.69) is 5.32 Å². The summed E-state index contributed by atoms with van der Waals surface area (Å²) in [6.07, 6.45) is 3.50. The first-order chi connectivity index (χ1) is 9.39. The van der Waals surface area contributed by atoms with Gasteiger partial charge < -0.3 is 5.32 Å². The summed E-state index contributed by atoms with van der Waals surface area (Å²) in [5.41, 5.74) is 1.03. The molecule has 0 aromatic heterocycles. The predicted molar refractivity (Wildman–Crippen MR) is 75.5 cm³/mol. The fourth-order valence-corrected chi connectivity index (χ4v) is 4.29. The van der Waals surface area contributed by atoms with Gasteiger partial charge in [-0.3, -0.25) is 4.79 Å². The van der Waals surface area contributed by atoms with Gasteiger partial charge in [-0.05, 0) is 49.3 Å². The second kappa shape index (κ2) is 4.56. The SMILES string of the molecule is Cc1c(NC(=O)C2C3CCCC32)cccc1S(N)(=O)=O. The van der Waals surface area contributed by atoms with Gasteiger partial charge in [-0.15, -0.1) is 0 Å². The van der Waals surface area contributed by atoms with Crippen LogP contribution in [0.15, 0.2) is 23.1 Å². The van der Waals surface area contributed by atoms with Crippen LogP contribution in [0.5, 0.6) is 0 Å². The number of carbonyl (C=O) groups is 1. The van der Waals surface area contributed by atoms with Crippen molar-refractivity contribution in [3.63, 3.8) is 0 Å². The summed E-state index contributed by atoms with van der Waals surface area (Å²) in [5.74, 6) is 1.20. The highest BCUT2D eigenvalue weighted by molar-refractivity contribution is 7.89. The molecule has 1 aromatic carbocycles. The molecule has 2 saturated carbocycles. The lowest BCUT2D eigenvalue weighted by atomic mass is 10.1. The number of rotatable bonds is 3. The predicted octanol–water partition coefficient (Wildman–Crippen LogP) is 1.63. The molecule has 6 heteroatoms. The minimum Gasteiger partial charge on any atom is -0.326 e. The van der Waals surface area contributed by atoms with Gasteiger partial charge in [-0.25, -0.2) is 13.6 Å². The van der Waals surface area contributed by atoms with E-state index in [-0.39, 0.29) is 16.7 Å². The average molecular weight is 294 g/mol. The fraction of sp³-hybridized carbons (Fsp3) is 0.500. The number of sulfonamides is 1. The molecule has 0 spiro atoms. The lowest BCUT2D eigenvalue weighted by Crippen LogP contribution is -2.19. The highest BCUT2D eigenvalue weighted by Gasteiger charge is 2.56. The number of anilines is 1. The third-order valence-corrected chi connectivity index (χ3v) is 5.61. The number of nitrogens with two attached hydrogens (primary N) is 1. The molecule has 0 bridgehead atoms. The van der Waals surface area contributed by atoms with Crippen molar-refractivity contribution in [3.05, 3.63) is 23.8 Å². The van der Waals surface area contributed by atoms with Crippen LogP contribution in [0.25, 0.3) is 0 Å². The first kappa shape index (κ1) is 13.6. The van der Waals surface area contributed by atoms with Crippen molar-refractivity contribution in [2.24, 2.45) is 22.9 Å². The van der Waals surface area contributed by atoms with Crippen molar-refractivity contribution in [2.45, 2.75) is 31.1 Å². The monoisotopic (exact) mass is 294 g/mol. The first-order valence-corrected chi connectivity index (χ1v) is 8.37. The maximum Gasteiger partial charge on any atom is 0.238 e. The number of hydrogen-bond donors (Lipinski definition) is 2. The van der Waals surface area contributed by atoms with Gasteiger partial charge in [0.15, 0.2) is 0 Å². The van der Waals surface area contributed by atoms with Crippen LogP contribution in [0, 0.1) is 24.7 Å². The summed E-state index contributed by atoms with van der Waals surface area (Å²) >= 11 is 0. The summed E-state index contributed by atoms with van der Waals surface area (Å²) in [4.78, 5) is 12.3. The molecule has 20 heavy (non-hydrogen) atoms. The third kappa shape index (κ3) is 2.23. The van der Waals surface area contributed by atoms with Crippen molar-refractivity contribution in [1.82, 2.24) is 0 Å². The van der Waals surface area contributed by atoms with Crippen molar-refractivity contribution in [1.29, 1.82) is 0 Å². The van der Waals surface area contributed by atoms with Crippen molar-refractivity contribution in [2.75, 3.05) is 5.32 Å². The van der Waals surface area contributed by atoms with E-state index >= 15 is 0 Å². The van der Waals surface area contributed by atoms with Crippen molar-refractivity contribution in [3.8, 4) is 0 Å². The van der Waals surface area contributed by atoms with E-state index in [0.717, 1.165) is 12.8 Å². The Morgan fingerprint density at radius 2 is 1.95 bits per heavy atom. The molecule has 2 unspecified atom stereocenters. The fourth-order valence-electron chi connectivity index (χ4n) is 3.48. The Morgan fingerprint density at radius 3 is 2.55 bits per heavy atom. The molecule has 2 fully saturated rings. The van der Waals surface area contributed by atoms with Gasteiger partial charge in [0.05, 0.1) is 4.90 Å². The molecule has 0 aliphatic heterocycles. The lowest BCUT2D eigenvalue weighted by molar-refractivity contribution is -0.118. The van der Waals surface area contributed by atoms with E-state index in [1.54, 1.807) is 19.1 Å². The van der Waals surface area contributed by atoms with Gasteiger partial charge in [0.1, 0.15) is 0 Å². The number of primary sulfonamides is 1. The van der Waals surface area contributed by atoms with Gasteiger partial charge in [-0.2, -0.15) is 0 Å². The van der Waals surface area contributed by atoms with Gasteiger partial charge in [0, 0.05) is 11.6 Å². The van der Waals surface area contributed by atoms with Crippen LogP contribution in [0.4, 0.5) is 5.69 Å². The third-order valence-electron chi connectivity index (χ3n) is 4.56. The number of benzene rings is 1. The summed E-state index contributed by atoms with van der Waals surface area (Å²) in [5, 5.41) is 8.02. The Bertz CT molecular complexity index is 659. The molecule has 2 aliphatic rings. The Balaban J connectivity index is 1.80. The largest absolute Gasteiger partial charge is 0.326 e. The Labute approximate surface area is 118 Å². The molecule has 0 heterocycles. The van der Waals surface area contributed by atoms with Crippen LogP contribution < -0.4 is 10.5 Å². The Hall–Kier alpha value is -1.40. The van der Waals surface area contributed by atoms with Crippen LogP contribution >= 0.6 is 0 Å². The van der Waals surface area contributed by atoms with E-state index in [9.17, 15) is 13.2 Å². The van der Waals surface area contributed by atoms with Crippen LogP contribution in [0.3, 0.4) is 0 Å². The minimum atomic E-state index is -3.76. The molecule has 0 radical (unpaired) electrons. The highest BCUT2D eigenvalue weighted by atomic mass is 32.2. The second-order valence-corrected chi connectivity index (χ2v) is 7.28. The number of fused-ring (bicyclic) bond motifs is 1. The smallest absolute Gasteiger partial charge is 0.238 e. The van der Waals surface area contributed by atoms with Crippen LogP contribution in [0.2, 0.25) is 0 Å². The molecule has 0 saturated heterocycles. The van der Waals surface area contributed by atoms with Crippen LogP contribution in [-0.4, -0.2) is 14.3 Å². The van der Waals surface area contributed by atoms with Crippen molar-refractivity contribution >= 4 is 21.6 Å². The molecule has 2 aliphatic carbocycles. The van der Waals surface area contributed by atoms with Gasteiger partial charge in [-0.1, -0.05) is 12.5 Å². The van der Waals surface area contributed by atoms with Crippen LogP contribution in [0.1, 0.15) is 24.8 Å².